The topological polar surface area (TPSA) is 97.0 Å². The molecule has 2 amide bonds. The van der Waals surface area contributed by atoms with E-state index in [0.29, 0.717) is 50.0 Å². The number of carbonyl (C=O) groups excluding carboxylic acids is 3. The second kappa shape index (κ2) is 11.5. The van der Waals surface area contributed by atoms with E-state index >= 15 is 0 Å². The van der Waals surface area contributed by atoms with Crippen LogP contribution in [-0.2, 0) is 14.3 Å². The van der Waals surface area contributed by atoms with Crippen molar-refractivity contribution in [3.05, 3.63) is 29.8 Å². The van der Waals surface area contributed by atoms with Gasteiger partial charge in [0.05, 0.1) is 19.6 Å². The molecule has 164 valence electrons. The van der Waals surface area contributed by atoms with Crippen LogP contribution in [0.1, 0.15) is 44.0 Å². The average Bonchev–Trinajstić information content (AvgIpc) is 2.72. The molecule has 1 aromatic carbocycles. The number of carbonyl (C=O) groups is 3. The first-order valence-corrected chi connectivity index (χ1v) is 10.5. The molecule has 1 heterocycles. The van der Waals surface area contributed by atoms with Crippen LogP contribution >= 0.6 is 12.2 Å². The van der Waals surface area contributed by atoms with Gasteiger partial charge in [0.2, 0.25) is 5.91 Å². The minimum Gasteiger partial charge on any atom is -0.493 e. The Balaban J connectivity index is 2.03. The maximum atomic E-state index is 12.7. The number of esters is 1. The summed E-state index contributed by atoms with van der Waals surface area (Å²) in [5.74, 6) is -0.255. The van der Waals surface area contributed by atoms with Gasteiger partial charge in [-0.2, -0.15) is 0 Å². The third-order valence-corrected chi connectivity index (χ3v) is 4.66. The van der Waals surface area contributed by atoms with E-state index in [0.717, 1.165) is 0 Å². The Kier molecular flexibility index (Phi) is 9.04. The van der Waals surface area contributed by atoms with E-state index in [1.807, 2.05) is 20.8 Å². The highest BCUT2D eigenvalue weighted by molar-refractivity contribution is 7.80. The van der Waals surface area contributed by atoms with Crippen LogP contribution in [0.3, 0.4) is 0 Å². The highest BCUT2D eigenvalue weighted by atomic mass is 32.1. The van der Waals surface area contributed by atoms with Crippen molar-refractivity contribution in [2.24, 2.45) is 5.92 Å². The minimum atomic E-state index is -0.823. The van der Waals surface area contributed by atoms with Crippen LogP contribution in [0.5, 0.6) is 5.75 Å². The fourth-order valence-corrected chi connectivity index (χ4v) is 3.14. The Hall–Kier alpha value is -2.68. The van der Waals surface area contributed by atoms with Crippen LogP contribution in [0.2, 0.25) is 0 Å². The van der Waals surface area contributed by atoms with Crippen molar-refractivity contribution >= 4 is 35.1 Å². The first-order chi connectivity index (χ1) is 14.3. The summed E-state index contributed by atoms with van der Waals surface area (Å²) >= 11 is 5.37. The van der Waals surface area contributed by atoms with Crippen molar-refractivity contribution in [3.63, 3.8) is 0 Å². The van der Waals surface area contributed by atoms with Gasteiger partial charge in [0.15, 0.2) is 5.11 Å². The second-order valence-corrected chi connectivity index (χ2v) is 7.80. The number of nitrogens with one attached hydrogen (secondary N) is 2. The van der Waals surface area contributed by atoms with Gasteiger partial charge in [-0.3, -0.25) is 19.7 Å². The van der Waals surface area contributed by atoms with Crippen LogP contribution in [0.25, 0.3) is 0 Å². The molecule has 1 atom stereocenters. The lowest BCUT2D eigenvalue weighted by Gasteiger charge is -2.36. The van der Waals surface area contributed by atoms with Gasteiger partial charge in [0.25, 0.3) is 5.91 Å². The third-order valence-electron chi connectivity index (χ3n) is 4.32. The number of benzene rings is 1. The molecule has 0 saturated carbocycles. The van der Waals surface area contributed by atoms with E-state index < -0.39 is 17.9 Å². The van der Waals surface area contributed by atoms with Gasteiger partial charge in [-0.15, -0.1) is 0 Å². The molecule has 2 rings (SSSR count). The van der Waals surface area contributed by atoms with Crippen molar-refractivity contribution in [2.75, 3.05) is 26.3 Å². The SMILES string of the molecule is CCCOC(=O)CC1C(=O)NCCN1C(=S)NC(=O)c1cccc(OCC(C)C)c1. The molecule has 1 unspecified atom stereocenters. The molecule has 0 aliphatic carbocycles. The number of ether oxygens (including phenoxy) is 2. The largest absolute Gasteiger partial charge is 0.493 e. The molecular formula is C21H29N3O5S. The lowest BCUT2D eigenvalue weighted by Crippen LogP contribution is -2.60. The summed E-state index contributed by atoms with van der Waals surface area (Å²) in [5, 5.41) is 5.47. The van der Waals surface area contributed by atoms with Gasteiger partial charge >= 0.3 is 5.97 Å². The van der Waals surface area contributed by atoms with Crippen molar-refractivity contribution < 1.29 is 23.9 Å². The van der Waals surface area contributed by atoms with Gasteiger partial charge < -0.3 is 19.7 Å². The van der Waals surface area contributed by atoms with E-state index in [4.69, 9.17) is 21.7 Å². The molecule has 8 nitrogen and oxygen atoms in total. The van der Waals surface area contributed by atoms with Gasteiger partial charge in [-0.1, -0.05) is 26.8 Å². The fraction of sp³-hybridized carbons (Fsp3) is 0.524. The second-order valence-electron chi connectivity index (χ2n) is 7.42. The first kappa shape index (κ1) is 23.6. The van der Waals surface area contributed by atoms with E-state index in [-0.39, 0.29) is 17.4 Å². The summed E-state index contributed by atoms with van der Waals surface area (Å²) in [7, 11) is 0. The van der Waals surface area contributed by atoms with Crippen LogP contribution in [-0.4, -0.2) is 60.1 Å². The molecular weight excluding hydrogens is 406 g/mol. The van der Waals surface area contributed by atoms with Crippen molar-refractivity contribution in [1.29, 1.82) is 0 Å². The van der Waals surface area contributed by atoms with Crippen molar-refractivity contribution in [1.82, 2.24) is 15.5 Å². The van der Waals surface area contributed by atoms with Gasteiger partial charge in [-0.05, 0) is 42.8 Å². The fourth-order valence-electron chi connectivity index (χ4n) is 2.82. The van der Waals surface area contributed by atoms with Crippen molar-refractivity contribution in [3.8, 4) is 5.75 Å². The Morgan fingerprint density at radius 2 is 2.13 bits per heavy atom. The highest BCUT2D eigenvalue weighted by Gasteiger charge is 2.34. The molecule has 0 spiro atoms. The monoisotopic (exact) mass is 435 g/mol. The predicted octanol–water partition coefficient (Wildman–Crippen LogP) is 1.88. The van der Waals surface area contributed by atoms with E-state index in [1.165, 1.54) is 0 Å². The summed E-state index contributed by atoms with van der Waals surface area (Å²) in [6.07, 6.45) is 0.557. The lowest BCUT2D eigenvalue weighted by molar-refractivity contribution is -0.147. The smallest absolute Gasteiger partial charge is 0.308 e. The number of thiocarbonyl (C=S) groups is 1. The summed E-state index contributed by atoms with van der Waals surface area (Å²) in [5.41, 5.74) is 0.388. The molecule has 9 heteroatoms. The zero-order chi connectivity index (χ0) is 22.1. The molecule has 0 aromatic heterocycles. The zero-order valence-corrected chi connectivity index (χ0v) is 18.4. The molecule has 30 heavy (non-hydrogen) atoms. The Bertz CT molecular complexity index is 784. The van der Waals surface area contributed by atoms with E-state index in [9.17, 15) is 14.4 Å². The molecule has 0 bridgehead atoms. The molecule has 1 fully saturated rings. The quantitative estimate of drug-likeness (QED) is 0.475. The average molecular weight is 436 g/mol. The standard InChI is InChI=1S/C21H29N3O5S/c1-4-10-28-18(25)12-17-20(27)22-8-9-24(17)21(30)23-19(26)15-6-5-7-16(11-15)29-13-14(2)3/h5-7,11,14,17H,4,8-10,12-13H2,1-3H3,(H,22,27)(H,23,26,30). The van der Waals surface area contributed by atoms with Crippen LogP contribution in [0.15, 0.2) is 24.3 Å². The molecule has 2 N–H and O–H groups in total. The van der Waals surface area contributed by atoms with Gasteiger partial charge in [0.1, 0.15) is 11.8 Å². The lowest BCUT2D eigenvalue weighted by atomic mass is 10.1. The molecule has 1 aliphatic heterocycles. The van der Waals surface area contributed by atoms with E-state index in [1.54, 1.807) is 29.2 Å². The first-order valence-electron chi connectivity index (χ1n) is 10.1. The number of hydrogen-bond donors (Lipinski definition) is 2. The van der Waals surface area contributed by atoms with Gasteiger partial charge in [0, 0.05) is 18.7 Å². The summed E-state index contributed by atoms with van der Waals surface area (Å²) in [4.78, 5) is 38.5. The number of piperazine rings is 1. The summed E-state index contributed by atoms with van der Waals surface area (Å²) in [6, 6.07) is 5.99. The van der Waals surface area contributed by atoms with Crippen LogP contribution in [0, 0.1) is 5.92 Å². The minimum absolute atomic E-state index is 0.0941. The number of hydrogen-bond acceptors (Lipinski definition) is 6. The normalized spacial score (nSPS) is 16.1. The van der Waals surface area contributed by atoms with Crippen molar-refractivity contribution in [2.45, 2.75) is 39.7 Å². The Morgan fingerprint density at radius 3 is 2.83 bits per heavy atom. The number of rotatable bonds is 8. The summed E-state index contributed by atoms with van der Waals surface area (Å²) in [6.45, 7) is 7.56. The maximum Gasteiger partial charge on any atom is 0.308 e. The maximum absolute atomic E-state index is 12.7. The predicted molar refractivity (Wildman–Crippen MR) is 116 cm³/mol. The van der Waals surface area contributed by atoms with Gasteiger partial charge in [-0.25, -0.2) is 0 Å². The molecule has 1 saturated heterocycles. The van der Waals surface area contributed by atoms with E-state index in [2.05, 4.69) is 10.6 Å². The van der Waals surface area contributed by atoms with Crippen LogP contribution < -0.4 is 15.4 Å². The molecule has 0 radical (unpaired) electrons. The van der Waals surface area contributed by atoms with Crippen LogP contribution in [0.4, 0.5) is 0 Å². The highest BCUT2D eigenvalue weighted by Crippen LogP contribution is 2.15. The molecule has 1 aliphatic rings. The Labute approximate surface area is 182 Å². The number of nitrogens with zero attached hydrogens (tertiary/aromatic N) is 1. The Morgan fingerprint density at radius 1 is 1.37 bits per heavy atom. The molecule has 1 aromatic rings. The summed E-state index contributed by atoms with van der Waals surface area (Å²) < 4.78 is 10.7. The third kappa shape index (κ3) is 6.98. The number of amides is 2. The zero-order valence-electron chi connectivity index (χ0n) is 17.6.